The second kappa shape index (κ2) is 7.80. The number of hydrogen-bond acceptors (Lipinski definition) is 1. The minimum absolute atomic E-state index is 0.603. The van der Waals surface area contributed by atoms with Crippen LogP contribution in [0.2, 0.25) is 0 Å². The molecule has 1 heterocycles. The number of aryl methyl sites for hydroxylation is 2. The van der Waals surface area contributed by atoms with Crippen molar-refractivity contribution >= 4 is 15.9 Å². The molecule has 0 aliphatic heterocycles. The summed E-state index contributed by atoms with van der Waals surface area (Å²) in [5.41, 5.74) is 5.00. The first-order valence-corrected chi connectivity index (χ1v) is 9.27. The van der Waals surface area contributed by atoms with Gasteiger partial charge >= 0.3 is 0 Å². The minimum Gasteiger partial charge on any atom is -0.334 e. The molecule has 0 unspecified atom stereocenters. The Hall–Kier alpha value is -1.87. The number of benzene rings is 2. The SMILES string of the molecule is CC(C)Cc1c(-c2ccccc2)ncn1CCc1ccccc1Br. The molecule has 0 saturated heterocycles. The van der Waals surface area contributed by atoms with Gasteiger partial charge in [0.25, 0.3) is 0 Å². The standard InChI is InChI=1S/C21H23BrN2/c1-16(2)14-20-21(18-9-4-3-5-10-18)23-15-24(20)13-12-17-8-6-7-11-19(17)22/h3-11,15-16H,12-14H2,1-2H3. The van der Waals surface area contributed by atoms with Gasteiger partial charge in [0.15, 0.2) is 0 Å². The second-order valence-electron chi connectivity index (χ2n) is 6.54. The van der Waals surface area contributed by atoms with Crippen molar-refractivity contribution in [1.82, 2.24) is 9.55 Å². The van der Waals surface area contributed by atoms with Gasteiger partial charge in [-0.05, 0) is 30.4 Å². The number of halogens is 1. The molecule has 124 valence electrons. The van der Waals surface area contributed by atoms with Crippen molar-refractivity contribution in [2.24, 2.45) is 5.92 Å². The molecule has 0 amide bonds. The summed E-state index contributed by atoms with van der Waals surface area (Å²) in [5.74, 6) is 0.603. The van der Waals surface area contributed by atoms with E-state index in [1.54, 1.807) is 0 Å². The number of imidazole rings is 1. The lowest BCUT2D eigenvalue weighted by atomic mass is 10.0. The van der Waals surface area contributed by atoms with E-state index in [2.05, 4.69) is 88.9 Å². The normalized spacial score (nSPS) is 11.2. The molecule has 0 saturated carbocycles. The van der Waals surface area contributed by atoms with Crippen molar-refractivity contribution < 1.29 is 0 Å². The lowest BCUT2D eigenvalue weighted by molar-refractivity contribution is 0.585. The van der Waals surface area contributed by atoms with Crippen LogP contribution in [-0.2, 0) is 19.4 Å². The van der Waals surface area contributed by atoms with Gasteiger partial charge in [0.05, 0.1) is 12.0 Å². The summed E-state index contributed by atoms with van der Waals surface area (Å²) < 4.78 is 3.50. The van der Waals surface area contributed by atoms with E-state index in [1.165, 1.54) is 21.3 Å². The van der Waals surface area contributed by atoms with Crippen LogP contribution in [0.25, 0.3) is 11.3 Å². The van der Waals surface area contributed by atoms with E-state index in [9.17, 15) is 0 Å². The molecule has 24 heavy (non-hydrogen) atoms. The fourth-order valence-electron chi connectivity index (χ4n) is 2.98. The van der Waals surface area contributed by atoms with Crippen LogP contribution >= 0.6 is 15.9 Å². The first-order chi connectivity index (χ1) is 11.6. The third-order valence-corrected chi connectivity index (χ3v) is 4.95. The van der Waals surface area contributed by atoms with Crippen molar-refractivity contribution in [3.63, 3.8) is 0 Å². The van der Waals surface area contributed by atoms with Gasteiger partial charge in [-0.3, -0.25) is 0 Å². The van der Waals surface area contributed by atoms with Gasteiger partial charge in [0.1, 0.15) is 0 Å². The number of hydrogen-bond donors (Lipinski definition) is 0. The zero-order valence-corrected chi connectivity index (χ0v) is 15.8. The van der Waals surface area contributed by atoms with Gasteiger partial charge in [-0.1, -0.05) is 78.3 Å². The third-order valence-electron chi connectivity index (χ3n) is 4.17. The number of rotatable bonds is 6. The highest BCUT2D eigenvalue weighted by Gasteiger charge is 2.14. The molecule has 0 aliphatic rings. The largest absolute Gasteiger partial charge is 0.334 e. The van der Waals surface area contributed by atoms with Gasteiger partial charge in [0.2, 0.25) is 0 Å². The Balaban J connectivity index is 1.88. The molecule has 3 heteroatoms. The molecule has 0 aliphatic carbocycles. The van der Waals surface area contributed by atoms with E-state index < -0.39 is 0 Å². The lowest BCUT2D eigenvalue weighted by Crippen LogP contribution is -2.08. The first kappa shape index (κ1) is 17.0. The quantitative estimate of drug-likeness (QED) is 0.530. The van der Waals surface area contributed by atoms with E-state index in [0.717, 1.165) is 25.1 Å². The maximum atomic E-state index is 4.73. The van der Waals surface area contributed by atoms with E-state index in [-0.39, 0.29) is 0 Å². The number of nitrogens with zero attached hydrogens (tertiary/aromatic N) is 2. The summed E-state index contributed by atoms with van der Waals surface area (Å²) in [6, 6.07) is 18.9. The molecular weight excluding hydrogens is 360 g/mol. The van der Waals surface area contributed by atoms with Crippen LogP contribution in [0.4, 0.5) is 0 Å². The Kier molecular flexibility index (Phi) is 5.52. The lowest BCUT2D eigenvalue weighted by Gasteiger charge is -2.13. The summed E-state index contributed by atoms with van der Waals surface area (Å²) in [6.07, 6.45) is 4.04. The van der Waals surface area contributed by atoms with E-state index >= 15 is 0 Å². The predicted molar refractivity (Wildman–Crippen MR) is 104 cm³/mol. The average molecular weight is 383 g/mol. The molecule has 0 bridgehead atoms. The highest BCUT2D eigenvalue weighted by molar-refractivity contribution is 9.10. The molecule has 0 fully saturated rings. The van der Waals surface area contributed by atoms with Crippen molar-refractivity contribution in [3.05, 3.63) is 76.7 Å². The molecule has 2 aromatic carbocycles. The smallest absolute Gasteiger partial charge is 0.0956 e. The maximum absolute atomic E-state index is 4.73. The van der Waals surface area contributed by atoms with Gasteiger partial charge < -0.3 is 4.57 Å². The Labute approximate surface area is 152 Å². The summed E-state index contributed by atoms with van der Waals surface area (Å²) in [5, 5.41) is 0. The van der Waals surface area contributed by atoms with Crippen LogP contribution in [0, 0.1) is 5.92 Å². The molecule has 3 rings (SSSR count). The van der Waals surface area contributed by atoms with Crippen LogP contribution in [0.1, 0.15) is 25.1 Å². The van der Waals surface area contributed by atoms with Gasteiger partial charge in [-0.2, -0.15) is 0 Å². The van der Waals surface area contributed by atoms with E-state index in [4.69, 9.17) is 4.98 Å². The zero-order chi connectivity index (χ0) is 16.9. The van der Waals surface area contributed by atoms with Crippen LogP contribution < -0.4 is 0 Å². The van der Waals surface area contributed by atoms with E-state index in [1.807, 2.05) is 6.33 Å². The first-order valence-electron chi connectivity index (χ1n) is 8.48. The molecule has 0 atom stereocenters. The molecular formula is C21H23BrN2. The Bertz CT molecular complexity index is 791. The maximum Gasteiger partial charge on any atom is 0.0956 e. The molecule has 0 spiro atoms. The topological polar surface area (TPSA) is 17.8 Å². The third kappa shape index (κ3) is 3.96. The summed E-state index contributed by atoms with van der Waals surface area (Å²) >= 11 is 3.65. The van der Waals surface area contributed by atoms with Gasteiger partial charge in [-0.25, -0.2) is 4.98 Å². The van der Waals surface area contributed by atoms with Crippen molar-refractivity contribution in [3.8, 4) is 11.3 Å². The van der Waals surface area contributed by atoms with Crippen LogP contribution in [-0.4, -0.2) is 9.55 Å². The number of aromatic nitrogens is 2. The summed E-state index contributed by atoms with van der Waals surface area (Å²) in [4.78, 5) is 4.73. The highest BCUT2D eigenvalue weighted by Crippen LogP contribution is 2.25. The highest BCUT2D eigenvalue weighted by atomic mass is 79.9. The molecule has 3 aromatic rings. The van der Waals surface area contributed by atoms with Crippen LogP contribution in [0.15, 0.2) is 65.4 Å². The predicted octanol–water partition coefficient (Wildman–Crippen LogP) is 5.75. The fraction of sp³-hybridized carbons (Fsp3) is 0.286. The van der Waals surface area contributed by atoms with Gasteiger partial charge in [-0.15, -0.1) is 0 Å². The summed E-state index contributed by atoms with van der Waals surface area (Å²) in [6.45, 7) is 5.48. The minimum atomic E-state index is 0.603. The van der Waals surface area contributed by atoms with Crippen molar-refractivity contribution in [2.45, 2.75) is 33.2 Å². The Morgan fingerprint density at radius 1 is 1.00 bits per heavy atom. The summed E-state index contributed by atoms with van der Waals surface area (Å²) in [7, 11) is 0. The molecule has 2 nitrogen and oxygen atoms in total. The van der Waals surface area contributed by atoms with Crippen molar-refractivity contribution in [1.29, 1.82) is 0 Å². The zero-order valence-electron chi connectivity index (χ0n) is 14.2. The molecule has 1 aromatic heterocycles. The fourth-order valence-corrected chi connectivity index (χ4v) is 3.46. The molecule has 0 N–H and O–H groups in total. The van der Waals surface area contributed by atoms with Crippen LogP contribution in [0.3, 0.4) is 0 Å². The second-order valence-corrected chi connectivity index (χ2v) is 7.39. The van der Waals surface area contributed by atoms with Gasteiger partial charge in [0, 0.05) is 22.3 Å². The van der Waals surface area contributed by atoms with E-state index in [0.29, 0.717) is 5.92 Å². The van der Waals surface area contributed by atoms with Crippen LogP contribution in [0.5, 0.6) is 0 Å². The van der Waals surface area contributed by atoms with Crippen molar-refractivity contribution in [2.75, 3.05) is 0 Å². The average Bonchev–Trinajstić information content (AvgIpc) is 2.97. The Morgan fingerprint density at radius 2 is 1.71 bits per heavy atom. The molecule has 0 radical (unpaired) electrons. The monoisotopic (exact) mass is 382 g/mol. The Morgan fingerprint density at radius 3 is 2.42 bits per heavy atom.